The van der Waals surface area contributed by atoms with Crippen molar-refractivity contribution in [2.75, 3.05) is 6.61 Å². The first-order valence-electron chi connectivity index (χ1n) is 6.86. The average molecular weight is 296 g/mol. The van der Waals surface area contributed by atoms with Crippen molar-refractivity contribution in [2.24, 2.45) is 0 Å². The number of aliphatic hydroxyl groups excluding tert-OH is 1. The minimum Gasteiger partial charge on any atom is -0.396 e. The predicted octanol–water partition coefficient (Wildman–Crippen LogP) is 3.72. The summed E-state index contributed by atoms with van der Waals surface area (Å²) >= 11 is 1.65. The van der Waals surface area contributed by atoms with E-state index in [2.05, 4.69) is 28.2 Å². The van der Waals surface area contributed by atoms with Crippen LogP contribution < -0.4 is 0 Å². The molecular formula is C17H16N2OS. The molecule has 21 heavy (non-hydrogen) atoms. The number of aliphatic hydroxyl groups is 1. The van der Waals surface area contributed by atoms with Crippen LogP contribution in [-0.4, -0.2) is 21.7 Å². The van der Waals surface area contributed by atoms with Gasteiger partial charge in [-0.15, -0.1) is 11.3 Å². The van der Waals surface area contributed by atoms with Gasteiger partial charge in [0, 0.05) is 41.4 Å². The first-order valence-corrected chi connectivity index (χ1v) is 7.67. The van der Waals surface area contributed by atoms with Gasteiger partial charge in [0.05, 0.1) is 5.69 Å². The topological polar surface area (TPSA) is 46.0 Å². The summed E-state index contributed by atoms with van der Waals surface area (Å²) in [6.07, 6.45) is 4.31. The zero-order valence-electron chi connectivity index (χ0n) is 11.8. The molecule has 0 bridgehead atoms. The largest absolute Gasteiger partial charge is 0.396 e. The minimum absolute atomic E-state index is 0.131. The Balaban J connectivity index is 1.98. The second kappa shape index (κ2) is 6.16. The van der Waals surface area contributed by atoms with E-state index in [1.165, 1.54) is 0 Å². The SMILES string of the molecule is Cc1sc(-c2cncc(-c3ccccc3)c2)nc1CCO. The summed E-state index contributed by atoms with van der Waals surface area (Å²) in [5.74, 6) is 0. The number of hydrogen-bond donors (Lipinski definition) is 1. The summed E-state index contributed by atoms with van der Waals surface area (Å²) in [7, 11) is 0. The van der Waals surface area contributed by atoms with E-state index in [4.69, 9.17) is 5.11 Å². The third-order valence-electron chi connectivity index (χ3n) is 3.33. The highest BCUT2D eigenvalue weighted by atomic mass is 32.1. The van der Waals surface area contributed by atoms with Crippen LogP contribution in [0.25, 0.3) is 21.7 Å². The van der Waals surface area contributed by atoms with Crippen LogP contribution in [0.15, 0.2) is 48.8 Å². The molecule has 106 valence electrons. The zero-order valence-corrected chi connectivity index (χ0v) is 12.6. The Hall–Kier alpha value is -2.04. The fourth-order valence-corrected chi connectivity index (χ4v) is 3.18. The van der Waals surface area contributed by atoms with Crippen molar-refractivity contribution in [2.45, 2.75) is 13.3 Å². The molecule has 0 saturated carbocycles. The van der Waals surface area contributed by atoms with Gasteiger partial charge in [0.25, 0.3) is 0 Å². The van der Waals surface area contributed by atoms with Gasteiger partial charge in [0.1, 0.15) is 5.01 Å². The van der Waals surface area contributed by atoms with Gasteiger partial charge in [-0.05, 0) is 18.6 Å². The smallest absolute Gasteiger partial charge is 0.125 e. The quantitative estimate of drug-likeness (QED) is 0.798. The molecule has 0 fully saturated rings. The maximum Gasteiger partial charge on any atom is 0.125 e. The van der Waals surface area contributed by atoms with E-state index in [0.717, 1.165) is 32.3 Å². The Morgan fingerprint density at radius 3 is 2.57 bits per heavy atom. The Kier molecular flexibility index (Phi) is 4.08. The molecule has 0 atom stereocenters. The Morgan fingerprint density at radius 1 is 1.05 bits per heavy atom. The summed E-state index contributed by atoms with van der Waals surface area (Å²) in [5, 5.41) is 10.0. The molecule has 3 nitrogen and oxygen atoms in total. The third kappa shape index (κ3) is 3.01. The van der Waals surface area contributed by atoms with E-state index in [9.17, 15) is 0 Å². The Labute approximate surface area is 128 Å². The average Bonchev–Trinajstić information content (AvgIpc) is 2.90. The Bertz CT molecular complexity index is 738. The molecule has 0 spiro atoms. The van der Waals surface area contributed by atoms with Gasteiger partial charge in [-0.1, -0.05) is 30.3 Å². The first kappa shape index (κ1) is 13.9. The molecule has 0 aliphatic heterocycles. The molecule has 1 N–H and O–H groups in total. The highest BCUT2D eigenvalue weighted by Crippen LogP contribution is 2.30. The van der Waals surface area contributed by atoms with Gasteiger partial charge in [-0.25, -0.2) is 4.98 Å². The van der Waals surface area contributed by atoms with Crippen molar-refractivity contribution in [3.63, 3.8) is 0 Å². The van der Waals surface area contributed by atoms with Crippen molar-refractivity contribution >= 4 is 11.3 Å². The van der Waals surface area contributed by atoms with E-state index < -0.39 is 0 Å². The molecule has 0 unspecified atom stereocenters. The number of rotatable bonds is 4. The van der Waals surface area contributed by atoms with Gasteiger partial charge in [0.15, 0.2) is 0 Å². The van der Waals surface area contributed by atoms with E-state index in [0.29, 0.717) is 6.42 Å². The molecule has 0 saturated heterocycles. The fraction of sp³-hybridized carbons (Fsp3) is 0.176. The van der Waals surface area contributed by atoms with Crippen LogP contribution in [0.5, 0.6) is 0 Å². The lowest BCUT2D eigenvalue weighted by molar-refractivity contribution is 0.298. The molecule has 4 heteroatoms. The van der Waals surface area contributed by atoms with Crippen LogP contribution in [0.2, 0.25) is 0 Å². The van der Waals surface area contributed by atoms with E-state index in [1.807, 2.05) is 37.5 Å². The maximum atomic E-state index is 9.07. The second-order valence-corrected chi connectivity index (χ2v) is 6.03. The third-order valence-corrected chi connectivity index (χ3v) is 4.40. The zero-order chi connectivity index (χ0) is 14.7. The number of nitrogens with zero attached hydrogens (tertiary/aromatic N) is 2. The molecule has 0 aliphatic rings. The number of aryl methyl sites for hydroxylation is 1. The van der Waals surface area contributed by atoms with Crippen molar-refractivity contribution in [1.82, 2.24) is 9.97 Å². The van der Waals surface area contributed by atoms with E-state index >= 15 is 0 Å². The second-order valence-electron chi connectivity index (χ2n) is 4.82. The highest BCUT2D eigenvalue weighted by Gasteiger charge is 2.10. The molecule has 0 aliphatic carbocycles. The standard InChI is InChI=1S/C17H16N2OS/c1-12-16(7-8-20)19-17(21-12)15-9-14(10-18-11-15)13-5-3-2-4-6-13/h2-6,9-11,20H,7-8H2,1H3. The summed E-state index contributed by atoms with van der Waals surface area (Å²) in [5.41, 5.74) is 4.23. The summed E-state index contributed by atoms with van der Waals surface area (Å²) in [4.78, 5) is 10.1. The van der Waals surface area contributed by atoms with Gasteiger partial charge in [-0.2, -0.15) is 0 Å². The normalized spacial score (nSPS) is 10.8. The lowest BCUT2D eigenvalue weighted by Crippen LogP contribution is -1.92. The van der Waals surface area contributed by atoms with Crippen molar-refractivity contribution in [1.29, 1.82) is 0 Å². The molecule has 0 amide bonds. The van der Waals surface area contributed by atoms with Crippen LogP contribution in [0.4, 0.5) is 0 Å². The van der Waals surface area contributed by atoms with Gasteiger partial charge in [-0.3, -0.25) is 4.98 Å². The van der Waals surface area contributed by atoms with Crippen LogP contribution in [0.3, 0.4) is 0 Å². The van der Waals surface area contributed by atoms with Crippen LogP contribution in [-0.2, 0) is 6.42 Å². The molecule has 3 rings (SSSR count). The summed E-state index contributed by atoms with van der Waals surface area (Å²) < 4.78 is 0. The lowest BCUT2D eigenvalue weighted by Gasteiger charge is -2.02. The fourth-order valence-electron chi connectivity index (χ4n) is 2.23. The molecule has 3 aromatic rings. The minimum atomic E-state index is 0.131. The Morgan fingerprint density at radius 2 is 1.81 bits per heavy atom. The monoisotopic (exact) mass is 296 g/mol. The molecule has 0 radical (unpaired) electrons. The highest BCUT2D eigenvalue weighted by molar-refractivity contribution is 7.15. The van der Waals surface area contributed by atoms with Gasteiger partial charge < -0.3 is 5.11 Å². The van der Waals surface area contributed by atoms with Gasteiger partial charge >= 0.3 is 0 Å². The molecular weight excluding hydrogens is 280 g/mol. The number of thiazole rings is 1. The summed E-state index contributed by atoms with van der Waals surface area (Å²) in [6.45, 7) is 2.17. The van der Waals surface area contributed by atoms with Crippen molar-refractivity contribution < 1.29 is 5.11 Å². The summed E-state index contributed by atoms with van der Waals surface area (Å²) in [6, 6.07) is 12.3. The van der Waals surface area contributed by atoms with E-state index in [1.54, 1.807) is 11.3 Å². The van der Waals surface area contributed by atoms with Crippen molar-refractivity contribution in [3.8, 4) is 21.7 Å². The van der Waals surface area contributed by atoms with Crippen LogP contribution >= 0.6 is 11.3 Å². The lowest BCUT2D eigenvalue weighted by atomic mass is 10.1. The molecule has 2 aromatic heterocycles. The van der Waals surface area contributed by atoms with Crippen LogP contribution in [0, 0.1) is 6.92 Å². The maximum absolute atomic E-state index is 9.07. The number of aromatic nitrogens is 2. The number of benzene rings is 1. The van der Waals surface area contributed by atoms with E-state index in [-0.39, 0.29) is 6.61 Å². The first-order chi connectivity index (χ1) is 10.3. The van der Waals surface area contributed by atoms with Crippen LogP contribution in [0.1, 0.15) is 10.6 Å². The predicted molar refractivity (Wildman–Crippen MR) is 86.3 cm³/mol. The van der Waals surface area contributed by atoms with Crippen molar-refractivity contribution in [3.05, 3.63) is 59.4 Å². The number of hydrogen-bond acceptors (Lipinski definition) is 4. The number of pyridine rings is 1. The van der Waals surface area contributed by atoms with Gasteiger partial charge in [0.2, 0.25) is 0 Å². The molecule has 2 heterocycles. The molecule has 1 aromatic carbocycles.